The standard InChI is InChI=1S/C16H23F3N2/c1-12(15(20-2)13-6-4-3-5-7-13)21-10-8-14(9-11-21)16(17,18)19/h3-7,12,14-15,20H,8-11H2,1-2H3. The molecule has 0 bridgehead atoms. The number of rotatable bonds is 4. The second kappa shape index (κ2) is 6.79. The zero-order chi connectivity index (χ0) is 15.5. The average molecular weight is 300 g/mol. The SMILES string of the molecule is CNC(c1ccccc1)C(C)N1CCC(C(F)(F)F)CC1. The molecule has 118 valence electrons. The highest BCUT2D eigenvalue weighted by Gasteiger charge is 2.42. The zero-order valence-electron chi connectivity index (χ0n) is 12.5. The van der Waals surface area contributed by atoms with Gasteiger partial charge in [0.1, 0.15) is 0 Å². The lowest BCUT2D eigenvalue weighted by atomic mass is 9.92. The van der Waals surface area contributed by atoms with E-state index in [4.69, 9.17) is 0 Å². The highest BCUT2D eigenvalue weighted by molar-refractivity contribution is 5.20. The van der Waals surface area contributed by atoms with E-state index in [-0.39, 0.29) is 24.9 Å². The predicted octanol–water partition coefficient (Wildman–Crippen LogP) is 3.61. The van der Waals surface area contributed by atoms with E-state index in [0.29, 0.717) is 13.1 Å². The quantitative estimate of drug-likeness (QED) is 0.914. The normalized spacial score (nSPS) is 21.2. The molecule has 2 atom stereocenters. The van der Waals surface area contributed by atoms with Crippen molar-refractivity contribution in [3.63, 3.8) is 0 Å². The number of halogens is 3. The van der Waals surface area contributed by atoms with Crippen LogP contribution in [-0.4, -0.2) is 37.3 Å². The van der Waals surface area contributed by atoms with E-state index in [2.05, 4.69) is 29.3 Å². The molecule has 1 saturated heterocycles. The molecule has 0 aromatic heterocycles. The summed E-state index contributed by atoms with van der Waals surface area (Å²) < 4.78 is 38.2. The molecule has 0 spiro atoms. The van der Waals surface area contributed by atoms with Gasteiger partial charge in [-0.25, -0.2) is 0 Å². The summed E-state index contributed by atoms with van der Waals surface area (Å²) in [4.78, 5) is 2.16. The van der Waals surface area contributed by atoms with Gasteiger partial charge in [0.2, 0.25) is 0 Å². The minimum Gasteiger partial charge on any atom is -0.312 e. The Bertz CT molecular complexity index is 425. The molecule has 2 nitrogen and oxygen atoms in total. The van der Waals surface area contributed by atoms with Gasteiger partial charge in [0.05, 0.1) is 5.92 Å². The van der Waals surface area contributed by atoms with Crippen LogP contribution >= 0.6 is 0 Å². The van der Waals surface area contributed by atoms with Gasteiger partial charge in [0, 0.05) is 12.1 Å². The van der Waals surface area contributed by atoms with E-state index < -0.39 is 12.1 Å². The molecule has 1 heterocycles. The highest BCUT2D eigenvalue weighted by atomic mass is 19.4. The molecular weight excluding hydrogens is 277 g/mol. The Morgan fingerprint density at radius 3 is 2.19 bits per heavy atom. The van der Waals surface area contributed by atoms with Gasteiger partial charge < -0.3 is 5.32 Å². The molecule has 0 aliphatic carbocycles. The van der Waals surface area contributed by atoms with Crippen LogP contribution in [0.25, 0.3) is 0 Å². The summed E-state index contributed by atoms with van der Waals surface area (Å²) in [6, 6.07) is 10.4. The van der Waals surface area contributed by atoms with E-state index in [9.17, 15) is 13.2 Å². The smallest absolute Gasteiger partial charge is 0.312 e. The number of likely N-dealkylation sites (tertiary alicyclic amines) is 1. The second-order valence-electron chi connectivity index (χ2n) is 5.77. The van der Waals surface area contributed by atoms with Crippen LogP contribution in [0, 0.1) is 5.92 Å². The maximum atomic E-state index is 12.7. The van der Waals surface area contributed by atoms with Crippen LogP contribution in [-0.2, 0) is 0 Å². The van der Waals surface area contributed by atoms with Gasteiger partial charge in [-0.15, -0.1) is 0 Å². The largest absolute Gasteiger partial charge is 0.391 e. The van der Waals surface area contributed by atoms with Gasteiger partial charge in [0.15, 0.2) is 0 Å². The minimum atomic E-state index is -4.04. The van der Waals surface area contributed by atoms with Gasteiger partial charge in [-0.3, -0.25) is 4.90 Å². The number of nitrogens with zero attached hydrogens (tertiary/aromatic N) is 1. The topological polar surface area (TPSA) is 15.3 Å². The zero-order valence-corrected chi connectivity index (χ0v) is 12.5. The van der Waals surface area contributed by atoms with Crippen molar-refractivity contribution in [1.29, 1.82) is 0 Å². The first-order valence-electron chi connectivity index (χ1n) is 7.46. The third kappa shape index (κ3) is 3.98. The van der Waals surface area contributed by atoms with Crippen LogP contribution in [0.3, 0.4) is 0 Å². The first-order chi connectivity index (χ1) is 9.93. The van der Waals surface area contributed by atoms with Crippen LogP contribution in [0.4, 0.5) is 13.2 Å². The van der Waals surface area contributed by atoms with Crippen molar-refractivity contribution in [1.82, 2.24) is 10.2 Å². The van der Waals surface area contributed by atoms with Crippen molar-refractivity contribution in [3.05, 3.63) is 35.9 Å². The fraction of sp³-hybridized carbons (Fsp3) is 0.625. The monoisotopic (exact) mass is 300 g/mol. The Kier molecular flexibility index (Phi) is 5.27. The molecule has 5 heteroatoms. The number of hydrogen-bond donors (Lipinski definition) is 1. The summed E-state index contributed by atoms with van der Waals surface area (Å²) in [5.41, 5.74) is 1.17. The van der Waals surface area contributed by atoms with Crippen molar-refractivity contribution in [2.24, 2.45) is 5.92 Å². The summed E-state index contributed by atoms with van der Waals surface area (Å²) in [7, 11) is 1.90. The maximum Gasteiger partial charge on any atom is 0.391 e. The summed E-state index contributed by atoms with van der Waals surface area (Å²) >= 11 is 0. The summed E-state index contributed by atoms with van der Waals surface area (Å²) in [5, 5.41) is 3.29. The lowest BCUT2D eigenvalue weighted by Gasteiger charge is -2.40. The van der Waals surface area contributed by atoms with Crippen LogP contribution in [0.1, 0.15) is 31.4 Å². The van der Waals surface area contributed by atoms with Crippen LogP contribution in [0.5, 0.6) is 0 Å². The molecule has 2 rings (SSSR count). The van der Waals surface area contributed by atoms with Gasteiger partial charge in [0.25, 0.3) is 0 Å². The number of hydrogen-bond acceptors (Lipinski definition) is 2. The summed E-state index contributed by atoms with van der Waals surface area (Å²) in [5.74, 6) is -1.13. The molecule has 1 fully saturated rings. The van der Waals surface area contributed by atoms with Crippen molar-refractivity contribution >= 4 is 0 Å². The van der Waals surface area contributed by atoms with Crippen LogP contribution in [0.15, 0.2) is 30.3 Å². The summed E-state index contributed by atoms with van der Waals surface area (Å²) in [6.07, 6.45) is -3.63. The van der Waals surface area contributed by atoms with Gasteiger partial charge in [-0.2, -0.15) is 13.2 Å². The number of nitrogens with one attached hydrogen (secondary N) is 1. The predicted molar refractivity (Wildman–Crippen MR) is 78.1 cm³/mol. The molecule has 0 saturated carbocycles. The second-order valence-corrected chi connectivity index (χ2v) is 5.77. The van der Waals surface area contributed by atoms with Gasteiger partial charge in [-0.1, -0.05) is 30.3 Å². The van der Waals surface area contributed by atoms with E-state index in [1.807, 2.05) is 25.2 Å². The molecule has 1 aromatic carbocycles. The lowest BCUT2D eigenvalue weighted by molar-refractivity contribution is -0.186. The number of alkyl halides is 3. The highest BCUT2D eigenvalue weighted by Crippen LogP contribution is 2.35. The molecule has 2 unspecified atom stereocenters. The third-order valence-electron chi connectivity index (χ3n) is 4.52. The Balaban J connectivity index is 1.99. The molecule has 1 aliphatic rings. The molecule has 1 aliphatic heterocycles. The van der Waals surface area contributed by atoms with E-state index in [1.54, 1.807) is 0 Å². The van der Waals surface area contributed by atoms with Crippen LogP contribution in [0.2, 0.25) is 0 Å². The third-order valence-corrected chi connectivity index (χ3v) is 4.52. The fourth-order valence-electron chi connectivity index (χ4n) is 3.19. The van der Waals surface area contributed by atoms with Crippen molar-refractivity contribution in [2.75, 3.05) is 20.1 Å². The first kappa shape index (κ1) is 16.3. The molecule has 21 heavy (non-hydrogen) atoms. The Morgan fingerprint density at radius 1 is 1.14 bits per heavy atom. The number of benzene rings is 1. The fourth-order valence-corrected chi connectivity index (χ4v) is 3.19. The first-order valence-corrected chi connectivity index (χ1v) is 7.46. The lowest BCUT2D eigenvalue weighted by Crippen LogP contribution is -2.47. The Morgan fingerprint density at radius 2 is 1.71 bits per heavy atom. The van der Waals surface area contributed by atoms with E-state index >= 15 is 0 Å². The van der Waals surface area contributed by atoms with E-state index in [1.165, 1.54) is 5.56 Å². The Hall–Kier alpha value is -1.07. The molecule has 0 radical (unpaired) electrons. The van der Waals surface area contributed by atoms with Crippen LogP contribution < -0.4 is 5.32 Å². The Labute approximate surface area is 124 Å². The van der Waals surface area contributed by atoms with Gasteiger partial charge in [-0.05, 0) is 45.5 Å². The average Bonchev–Trinajstić information content (AvgIpc) is 2.48. The molecule has 1 aromatic rings. The molecule has 1 N–H and O–H groups in total. The maximum absolute atomic E-state index is 12.7. The molecular formula is C16H23F3N2. The number of likely N-dealkylation sites (N-methyl/N-ethyl adjacent to an activating group) is 1. The van der Waals surface area contributed by atoms with E-state index in [0.717, 1.165) is 0 Å². The van der Waals surface area contributed by atoms with Gasteiger partial charge >= 0.3 is 6.18 Å². The minimum absolute atomic E-state index is 0.133. The molecule has 0 amide bonds. The number of piperidine rings is 1. The van der Waals surface area contributed by atoms with Crippen molar-refractivity contribution < 1.29 is 13.2 Å². The van der Waals surface area contributed by atoms with Crippen molar-refractivity contribution in [2.45, 2.75) is 38.0 Å². The van der Waals surface area contributed by atoms with Crippen molar-refractivity contribution in [3.8, 4) is 0 Å². The summed E-state index contributed by atoms with van der Waals surface area (Å²) in [6.45, 7) is 3.11.